The highest BCUT2D eigenvalue weighted by Crippen LogP contribution is 2.33. The van der Waals surface area contributed by atoms with Crippen molar-refractivity contribution >= 4 is 11.4 Å². The van der Waals surface area contributed by atoms with Crippen LogP contribution >= 0.6 is 0 Å². The van der Waals surface area contributed by atoms with Crippen LogP contribution in [0.3, 0.4) is 0 Å². The van der Waals surface area contributed by atoms with Crippen molar-refractivity contribution in [3.8, 4) is 11.8 Å². The molecular formula is C11H12FN3O3. The molecule has 96 valence electrons. The highest BCUT2D eigenvalue weighted by molar-refractivity contribution is 5.60. The number of hydrogen-bond acceptors (Lipinski definition) is 5. The van der Waals surface area contributed by atoms with Crippen molar-refractivity contribution in [2.75, 3.05) is 25.6 Å². The second kappa shape index (κ2) is 5.82. The number of halogens is 1. The van der Waals surface area contributed by atoms with Crippen molar-refractivity contribution in [3.63, 3.8) is 0 Å². The van der Waals surface area contributed by atoms with E-state index in [9.17, 15) is 14.5 Å². The smallest absolute Gasteiger partial charge is 0.313 e. The average Bonchev–Trinajstić information content (AvgIpc) is 2.35. The molecule has 0 aliphatic heterocycles. The number of hydrogen-bond donors (Lipinski definition) is 0. The lowest BCUT2D eigenvalue weighted by molar-refractivity contribution is -0.385. The largest absolute Gasteiger partial charge is 0.490 e. The van der Waals surface area contributed by atoms with Gasteiger partial charge in [0.25, 0.3) is 0 Å². The molecule has 0 saturated heterocycles. The van der Waals surface area contributed by atoms with Crippen molar-refractivity contribution in [3.05, 3.63) is 28.1 Å². The van der Waals surface area contributed by atoms with Crippen molar-refractivity contribution in [1.82, 2.24) is 0 Å². The van der Waals surface area contributed by atoms with Gasteiger partial charge >= 0.3 is 5.69 Å². The molecule has 0 unspecified atom stereocenters. The van der Waals surface area contributed by atoms with Crippen LogP contribution < -0.4 is 9.64 Å². The molecule has 0 bridgehead atoms. The first-order chi connectivity index (χ1) is 8.51. The van der Waals surface area contributed by atoms with Crippen LogP contribution in [0.2, 0.25) is 0 Å². The summed E-state index contributed by atoms with van der Waals surface area (Å²) < 4.78 is 18.6. The highest BCUT2D eigenvalue weighted by atomic mass is 19.1. The SMILES string of the molecule is COc1cc(N(C)CCC#N)c(F)cc1[N+](=O)[O-]. The van der Waals surface area contributed by atoms with Crippen LogP contribution in [0.4, 0.5) is 15.8 Å². The number of nitro benzene ring substituents is 1. The Morgan fingerprint density at radius 1 is 1.61 bits per heavy atom. The summed E-state index contributed by atoms with van der Waals surface area (Å²) in [7, 11) is 2.88. The number of nitriles is 1. The quantitative estimate of drug-likeness (QED) is 0.593. The number of anilines is 1. The highest BCUT2D eigenvalue weighted by Gasteiger charge is 2.20. The lowest BCUT2D eigenvalue weighted by Gasteiger charge is -2.19. The number of benzene rings is 1. The number of rotatable bonds is 5. The zero-order valence-electron chi connectivity index (χ0n) is 10.0. The third-order valence-electron chi connectivity index (χ3n) is 2.42. The van der Waals surface area contributed by atoms with Crippen molar-refractivity contribution in [2.45, 2.75) is 6.42 Å². The summed E-state index contributed by atoms with van der Waals surface area (Å²) in [6, 6.07) is 4.01. The predicted octanol–water partition coefficient (Wildman–Crippen LogP) is 2.09. The summed E-state index contributed by atoms with van der Waals surface area (Å²) in [6.07, 6.45) is 0.231. The first-order valence-corrected chi connectivity index (χ1v) is 5.11. The summed E-state index contributed by atoms with van der Waals surface area (Å²) in [5, 5.41) is 19.2. The first kappa shape index (κ1) is 13.7. The Labute approximate surface area is 103 Å². The van der Waals surface area contributed by atoms with Gasteiger partial charge in [0, 0.05) is 19.7 Å². The minimum Gasteiger partial charge on any atom is -0.490 e. The molecule has 1 rings (SSSR count). The van der Waals surface area contributed by atoms with Crippen LogP contribution in [0.15, 0.2) is 12.1 Å². The fraction of sp³-hybridized carbons (Fsp3) is 0.364. The molecule has 0 amide bonds. The van der Waals surface area contributed by atoms with Crippen LogP contribution in [0.25, 0.3) is 0 Å². The van der Waals surface area contributed by atoms with Crippen LogP contribution in [0, 0.1) is 27.3 Å². The minimum absolute atomic E-state index is 0.0137. The van der Waals surface area contributed by atoms with E-state index in [4.69, 9.17) is 10.00 Å². The minimum atomic E-state index is -0.720. The maximum absolute atomic E-state index is 13.7. The Kier molecular flexibility index (Phi) is 4.43. The topological polar surface area (TPSA) is 79.4 Å². The van der Waals surface area contributed by atoms with Gasteiger partial charge < -0.3 is 9.64 Å². The van der Waals surface area contributed by atoms with Gasteiger partial charge in [-0.25, -0.2) is 4.39 Å². The van der Waals surface area contributed by atoms with E-state index in [1.807, 2.05) is 6.07 Å². The first-order valence-electron chi connectivity index (χ1n) is 5.11. The molecular weight excluding hydrogens is 241 g/mol. The van der Waals surface area contributed by atoms with Gasteiger partial charge in [-0.05, 0) is 0 Å². The molecule has 6 nitrogen and oxygen atoms in total. The number of nitro groups is 1. The third kappa shape index (κ3) is 2.85. The molecule has 0 aromatic heterocycles. The maximum atomic E-state index is 13.7. The van der Waals surface area contributed by atoms with E-state index >= 15 is 0 Å². The van der Waals surface area contributed by atoms with Crippen molar-refractivity contribution in [2.24, 2.45) is 0 Å². The van der Waals surface area contributed by atoms with Crippen molar-refractivity contribution in [1.29, 1.82) is 5.26 Å². The Balaban J connectivity index is 3.15. The molecule has 0 heterocycles. The molecule has 0 atom stereocenters. The Hall–Kier alpha value is -2.36. The van der Waals surface area contributed by atoms with Gasteiger partial charge in [0.1, 0.15) is 0 Å². The van der Waals surface area contributed by atoms with E-state index < -0.39 is 16.4 Å². The summed E-state index contributed by atoms with van der Waals surface area (Å²) >= 11 is 0. The Morgan fingerprint density at radius 3 is 2.78 bits per heavy atom. The van der Waals surface area contributed by atoms with Gasteiger partial charge in [-0.2, -0.15) is 5.26 Å². The van der Waals surface area contributed by atoms with E-state index in [-0.39, 0.29) is 17.9 Å². The van der Waals surface area contributed by atoms with E-state index in [2.05, 4.69) is 0 Å². The van der Waals surface area contributed by atoms with Gasteiger partial charge in [0.05, 0.1) is 36.3 Å². The standard InChI is InChI=1S/C11H12FN3O3/c1-14(5-3-4-13)9-7-11(18-2)10(15(16)17)6-8(9)12/h6-7H,3,5H2,1-2H3. The normalized spacial score (nSPS) is 9.67. The number of ether oxygens (including phenoxy) is 1. The summed E-state index contributed by atoms with van der Waals surface area (Å²) in [4.78, 5) is 11.5. The van der Waals surface area contributed by atoms with Gasteiger partial charge in [0.15, 0.2) is 11.6 Å². The van der Waals surface area contributed by atoms with Crippen LogP contribution in [-0.2, 0) is 0 Å². The lowest BCUT2D eigenvalue weighted by atomic mass is 10.2. The fourth-order valence-electron chi connectivity index (χ4n) is 1.47. The monoisotopic (exact) mass is 253 g/mol. The number of methoxy groups -OCH3 is 1. The lowest BCUT2D eigenvalue weighted by Crippen LogP contribution is -2.19. The molecule has 0 N–H and O–H groups in total. The molecule has 0 radical (unpaired) electrons. The summed E-state index contributed by atoms with van der Waals surface area (Å²) in [5.41, 5.74) is -0.264. The van der Waals surface area contributed by atoms with Crippen molar-refractivity contribution < 1.29 is 14.1 Å². The molecule has 7 heteroatoms. The zero-order valence-corrected chi connectivity index (χ0v) is 10.0. The summed E-state index contributed by atoms with van der Waals surface area (Å²) in [5.74, 6) is -0.733. The molecule has 0 fully saturated rings. The van der Waals surface area contributed by atoms with E-state index in [0.717, 1.165) is 6.07 Å². The molecule has 18 heavy (non-hydrogen) atoms. The molecule has 0 aliphatic carbocycles. The van der Waals surface area contributed by atoms with Gasteiger partial charge in [-0.15, -0.1) is 0 Å². The van der Waals surface area contributed by atoms with Gasteiger partial charge in [-0.3, -0.25) is 10.1 Å². The van der Waals surface area contributed by atoms with E-state index in [1.165, 1.54) is 18.1 Å². The molecule has 0 saturated carbocycles. The van der Waals surface area contributed by atoms with Gasteiger partial charge in [-0.1, -0.05) is 0 Å². The molecule has 0 spiro atoms. The third-order valence-corrected chi connectivity index (χ3v) is 2.42. The van der Waals surface area contributed by atoms with Crippen LogP contribution in [0.1, 0.15) is 6.42 Å². The van der Waals surface area contributed by atoms with E-state index in [1.54, 1.807) is 7.05 Å². The molecule has 1 aromatic rings. The fourth-order valence-corrected chi connectivity index (χ4v) is 1.47. The maximum Gasteiger partial charge on any atom is 0.313 e. The van der Waals surface area contributed by atoms with Gasteiger partial charge in [0.2, 0.25) is 0 Å². The Bertz CT molecular complexity index is 499. The average molecular weight is 253 g/mol. The predicted molar refractivity (Wildman–Crippen MR) is 63.1 cm³/mol. The van der Waals surface area contributed by atoms with Crippen LogP contribution in [0.5, 0.6) is 5.75 Å². The summed E-state index contributed by atoms with van der Waals surface area (Å²) in [6.45, 7) is 0.328. The number of nitrogens with zero attached hydrogens (tertiary/aromatic N) is 3. The van der Waals surface area contributed by atoms with Crippen LogP contribution in [-0.4, -0.2) is 25.6 Å². The molecule has 0 aliphatic rings. The van der Waals surface area contributed by atoms with E-state index in [0.29, 0.717) is 6.54 Å². The zero-order chi connectivity index (χ0) is 13.7. The second-order valence-corrected chi connectivity index (χ2v) is 3.56. The Morgan fingerprint density at radius 2 is 2.28 bits per heavy atom. The second-order valence-electron chi connectivity index (χ2n) is 3.56. The molecule has 1 aromatic carbocycles.